The number of amides is 2. The quantitative estimate of drug-likeness (QED) is 0.750. The molecular formula is C20H23N3O3. The van der Waals surface area contributed by atoms with Crippen LogP contribution < -0.4 is 10.6 Å². The van der Waals surface area contributed by atoms with Gasteiger partial charge < -0.3 is 15.5 Å². The van der Waals surface area contributed by atoms with Crippen molar-refractivity contribution in [2.24, 2.45) is 0 Å². The summed E-state index contributed by atoms with van der Waals surface area (Å²) in [5.41, 5.74) is 3.06. The van der Waals surface area contributed by atoms with Crippen LogP contribution in [0.5, 0.6) is 0 Å². The maximum absolute atomic E-state index is 12.2. The first kappa shape index (κ1) is 19.2. The lowest BCUT2D eigenvalue weighted by atomic mass is 10.1. The zero-order chi connectivity index (χ0) is 19.1. The van der Waals surface area contributed by atoms with Crippen molar-refractivity contribution in [1.29, 1.82) is 0 Å². The molecule has 0 heterocycles. The Morgan fingerprint density at radius 1 is 1.00 bits per heavy atom. The second kappa shape index (κ2) is 8.80. The van der Waals surface area contributed by atoms with E-state index < -0.39 is 0 Å². The van der Waals surface area contributed by atoms with Crippen molar-refractivity contribution in [1.82, 2.24) is 4.90 Å². The first-order chi connectivity index (χ1) is 12.3. The van der Waals surface area contributed by atoms with Crippen molar-refractivity contribution in [3.05, 3.63) is 59.7 Å². The summed E-state index contributed by atoms with van der Waals surface area (Å²) in [6.07, 6.45) is 0. The van der Waals surface area contributed by atoms with Crippen molar-refractivity contribution >= 4 is 29.0 Å². The molecule has 0 saturated heterocycles. The Balaban J connectivity index is 1.83. The van der Waals surface area contributed by atoms with Crippen LogP contribution in [0.1, 0.15) is 22.8 Å². The Kier molecular flexibility index (Phi) is 6.49. The maximum Gasteiger partial charge on any atom is 0.243 e. The minimum Gasteiger partial charge on any atom is -0.376 e. The molecule has 0 fully saturated rings. The molecule has 0 aliphatic rings. The van der Waals surface area contributed by atoms with Crippen molar-refractivity contribution in [2.45, 2.75) is 13.8 Å². The Morgan fingerprint density at radius 3 is 2.35 bits per heavy atom. The fourth-order valence-corrected chi connectivity index (χ4v) is 2.30. The standard InChI is InChI=1S/C20H23N3O3/c1-14-7-9-17(10-8-14)22-19(25)13-23(3)20(26)12-21-18-6-4-5-16(11-18)15(2)24/h4-11,21H,12-13H2,1-3H3,(H,22,25). The highest BCUT2D eigenvalue weighted by atomic mass is 16.2. The number of nitrogens with one attached hydrogen (secondary N) is 2. The van der Waals surface area contributed by atoms with Gasteiger partial charge in [0.1, 0.15) is 0 Å². The van der Waals surface area contributed by atoms with Crippen LogP contribution in [0.2, 0.25) is 0 Å². The third kappa shape index (κ3) is 5.73. The first-order valence-corrected chi connectivity index (χ1v) is 8.30. The molecule has 2 aromatic rings. The van der Waals surface area contributed by atoms with E-state index in [4.69, 9.17) is 0 Å². The predicted octanol–water partition coefficient (Wildman–Crippen LogP) is 2.71. The number of nitrogens with zero attached hydrogens (tertiary/aromatic N) is 1. The molecule has 0 saturated carbocycles. The van der Waals surface area contributed by atoms with E-state index >= 15 is 0 Å². The molecule has 6 heteroatoms. The van der Waals surface area contributed by atoms with Gasteiger partial charge in [0.25, 0.3) is 0 Å². The highest BCUT2D eigenvalue weighted by Gasteiger charge is 2.13. The second-order valence-corrected chi connectivity index (χ2v) is 6.15. The van der Waals surface area contributed by atoms with Crippen LogP contribution in [0.25, 0.3) is 0 Å². The van der Waals surface area contributed by atoms with E-state index in [0.717, 1.165) is 5.56 Å². The van der Waals surface area contributed by atoms with Gasteiger partial charge in [-0.25, -0.2) is 0 Å². The molecule has 0 aliphatic heterocycles. The molecule has 0 spiro atoms. The van der Waals surface area contributed by atoms with Gasteiger partial charge >= 0.3 is 0 Å². The molecule has 6 nitrogen and oxygen atoms in total. The zero-order valence-corrected chi connectivity index (χ0v) is 15.2. The lowest BCUT2D eigenvalue weighted by Crippen LogP contribution is -2.38. The highest BCUT2D eigenvalue weighted by molar-refractivity contribution is 5.96. The number of Topliss-reactive ketones (excluding diaryl/α,β-unsaturated/α-hetero) is 1. The molecule has 2 amide bonds. The fraction of sp³-hybridized carbons (Fsp3) is 0.250. The predicted molar refractivity (Wildman–Crippen MR) is 102 cm³/mol. The number of rotatable bonds is 7. The lowest BCUT2D eigenvalue weighted by molar-refractivity contribution is -0.131. The number of likely N-dealkylation sites (N-methyl/N-ethyl adjacent to an activating group) is 1. The summed E-state index contributed by atoms with van der Waals surface area (Å²) in [5.74, 6) is -0.523. The summed E-state index contributed by atoms with van der Waals surface area (Å²) in [7, 11) is 1.57. The molecule has 0 unspecified atom stereocenters. The Labute approximate surface area is 153 Å². The third-order valence-corrected chi connectivity index (χ3v) is 3.85. The maximum atomic E-state index is 12.2. The van der Waals surface area contributed by atoms with E-state index in [1.165, 1.54) is 11.8 Å². The van der Waals surface area contributed by atoms with Crippen molar-refractivity contribution < 1.29 is 14.4 Å². The molecule has 0 radical (unpaired) electrons. The number of benzene rings is 2. The summed E-state index contributed by atoms with van der Waals surface area (Å²) in [4.78, 5) is 37.0. The van der Waals surface area contributed by atoms with Crippen LogP contribution >= 0.6 is 0 Å². The van der Waals surface area contributed by atoms with Crippen LogP contribution in [0.15, 0.2) is 48.5 Å². The van der Waals surface area contributed by atoms with E-state index in [1.54, 1.807) is 31.3 Å². The van der Waals surface area contributed by atoms with Gasteiger partial charge in [-0.15, -0.1) is 0 Å². The van der Waals surface area contributed by atoms with Gasteiger partial charge in [-0.1, -0.05) is 29.8 Å². The molecule has 136 valence electrons. The van der Waals surface area contributed by atoms with Gasteiger partial charge in [-0.3, -0.25) is 14.4 Å². The van der Waals surface area contributed by atoms with Crippen LogP contribution in [0.4, 0.5) is 11.4 Å². The van der Waals surface area contributed by atoms with E-state index in [0.29, 0.717) is 16.9 Å². The van der Waals surface area contributed by atoms with Gasteiger partial charge in [0.05, 0.1) is 13.1 Å². The molecule has 2 aromatic carbocycles. The lowest BCUT2D eigenvalue weighted by Gasteiger charge is -2.17. The fourth-order valence-electron chi connectivity index (χ4n) is 2.30. The van der Waals surface area contributed by atoms with Gasteiger partial charge in [-0.2, -0.15) is 0 Å². The number of ketones is 1. The van der Waals surface area contributed by atoms with Crippen molar-refractivity contribution in [3.8, 4) is 0 Å². The Morgan fingerprint density at radius 2 is 1.69 bits per heavy atom. The third-order valence-electron chi connectivity index (χ3n) is 3.85. The topological polar surface area (TPSA) is 78.5 Å². The van der Waals surface area contributed by atoms with E-state index in [9.17, 15) is 14.4 Å². The normalized spacial score (nSPS) is 10.1. The SMILES string of the molecule is CC(=O)c1cccc(NCC(=O)N(C)CC(=O)Nc2ccc(C)cc2)c1. The van der Waals surface area contributed by atoms with Crippen molar-refractivity contribution in [2.75, 3.05) is 30.8 Å². The van der Waals surface area contributed by atoms with Crippen LogP contribution in [0, 0.1) is 6.92 Å². The molecule has 2 rings (SSSR count). The first-order valence-electron chi connectivity index (χ1n) is 8.30. The second-order valence-electron chi connectivity index (χ2n) is 6.15. The molecule has 2 N–H and O–H groups in total. The van der Waals surface area contributed by atoms with Crippen LogP contribution in [-0.4, -0.2) is 42.6 Å². The zero-order valence-electron chi connectivity index (χ0n) is 15.2. The smallest absolute Gasteiger partial charge is 0.243 e. The van der Waals surface area contributed by atoms with Crippen LogP contribution in [0.3, 0.4) is 0 Å². The summed E-state index contributed by atoms with van der Waals surface area (Å²) in [5, 5.41) is 5.73. The number of anilines is 2. The highest BCUT2D eigenvalue weighted by Crippen LogP contribution is 2.11. The average Bonchev–Trinajstić information content (AvgIpc) is 2.61. The van der Waals surface area contributed by atoms with E-state index in [-0.39, 0.29) is 30.7 Å². The number of hydrogen-bond donors (Lipinski definition) is 2. The largest absolute Gasteiger partial charge is 0.376 e. The van der Waals surface area contributed by atoms with Crippen LogP contribution in [-0.2, 0) is 9.59 Å². The molecule has 0 aromatic heterocycles. The summed E-state index contributed by atoms with van der Waals surface area (Å²) in [6.45, 7) is 3.46. The summed E-state index contributed by atoms with van der Waals surface area (Å²) in [6, 6.07) is 14.4. The number of carbonyl (C=O) groups excluding carboxylic acids is 3. The Hall–Kier alpha value is -3.15. The van der Waals surface area contributed by atoms with Gasteiger partial charge in [0, 0.05) is 24.0 Å². The molecule has 0 bridgehead atoms. The minimum absolute atomic E-state index is 0.0372. The van der Waals surface area contributed by atoms with Crippen molar-refractivity contribution in [3.63, 3.8) is 0 Å². The monoisotopic (exact) mass is 353 g/mol. The molecule has 26 heavy (non-hydrogen) atoms. The number of hydrogen-bond acceptors (Lipinski definition) is 4. The molecular weight excluding hydrogens is 330 g/mol. The van der Waals surface area contributed by atoms with E-state index in [2.05, 4.69) is 10.6 Å². The summed E-state index contributed by atoms with van der Waals surface area (Å²) < 4.78 is 0. The number of carbonyl (C=O) groups is 3. The summed E-state index contributed by atoms with van der Waals surface area (Å²) >= 11 is 0. The van der Waals surface area contributed by atoms with Gasteiger partial charge in [-0.05, 0) is 38.1 Å². The van der Waals surface area contributed by atoms with E-state index in [1.807, 2.05) is 31.2 Å². The van der Waals surface area contributed by atoms with Gasteiger partial charge in [0.15, 0.2) is 5.78 Å². The molecule has 0 aliphatic carbocycles. The average molecular weight is 353 g/mol. The van der Waals surface area contributed by atoms with Gasteiger partial charge in [0.2, 0.25) is 11.8 Å². The minimum atomic E-state index is -0.261. The molecule has 0 atom stereocenters. The number of aryl methyl sites for hydroxylation is 1. The Bertz CT molecular complexity index is 800.